The molecule has 0 N–H and O–H groups in total. The Morgan fingerprint density at radius 1 is 1.03 bits per heavy atom. The minimum absolute atomic E-state index is 0.103. The van der Waals surface area contributed by atoms with Gasteiger partial charge in [-0.2, -0.15) is 8.78 Å². The molecule has 5 nitrogen and oxygen atoms in total. The largest absolute Gasteiger partial charge is 0.320 e. The molecule has 0 aliphatic rings. The molecule has 0 amide bonds. The van der Waals surface area contributed by atoms with Gasteiger partial charge in [0.15, 0.2) is 5.16 Å². The number of hydrogen-bond acceptors (Lipinski definition) is 4. The van der Waals surface area contributed by atoms with Gasteiger partial charge in [-0.1, -0.05) is 49.4 Å². The molecule has 0 bridgehead atoms. The molecule has 0 fully saturated rings. The van der Waals surface area contributed by atoms with Gasteiger partial charge in [0.2, 0.25) is 0 Å². The fourth-order valence-electron chi connectivity index (χ4n) is 3.31. The highest BCUT2D eigenvalue weighted by Crippen LogP contribution is 2.28. The molecule has 0 aliphatic carbocycles. The van der Waals surface area contributed by atoms with Gasteiger partial charge in [0.25, 0.3) is 5.56 Å². The Balaban J connectivity index is 1.74. The number of unbranched alkanes of at least 4 members (excludes halogenated alkanes) is 1. The summed E-state index contributed by atoms with van der Waals surface area (Å²) in [5.74, 6) is 0.450. The van der Waals surface area contributed by atoms with E-state index in [0.717, 1.165) is 17.4 Å². The van der Waals surface area contributed by atoms with Gasteiger partial charge in [-0.3, -0.25) is 13.9 Å². The first kappa shape index (κ1) is 19.6. The summed E-state index contributed by atoms with van der Waals surface area (Å²) in [6.45, 7) is -0.0946. The van der Waals surface area contributed by atoms with Gasteiger partial charge in [0.05, 0.1) is 27.7 Å². The summed E-state index contributed by atoms with van der Waals surface area (Å²) in [6, 6.07) is 14.0. The number of alkyl halides is 2. The van der Waals surface area contributed by atoms with Gasteiger partial charge in [0.1, 0.15) is 5.82 Å². The third-order valence-corrected chi connectivity index (χ3v) is 5.73. The van der Waals surface area contributed by atoms with Gasteiger partial charge in [-0.25, -0.2) is 9.97 Å². The molecule has 0 spiro atoms. The van der Waals surface area contributed by atoms with Crippen LogP contribution in [0.4, 0.5) is 8.78 Å². The first-order chi connectivity index (χ1) is 14.1. The van der Waals surface area contributed by atoms with Crippen LogP contribution in [0.5, 0.6) is 0 Å². The Labute approximate surface area is 170 Å². The number of rotatable bonds is 7. The van der Waals surface area contributed by atoms with Crippen molar-refractivity contribution in [2.75, 3.05) is 0 Å². The zero-order chi connectivity index (χ0) is 20.4. The van der Waals surface area contributed by atoms with E-state index < -0.39 is 6.55 Å². The van der Waals surface area contributed by atoms with E-state index in [2.05, 4.69) is 16.9 Å². The van der Waals surface area contributed by atoms with Crippen molar-refractivity contribution in [1.82, 2.24) is 19.1 Å². The number of aromatic nitrogens is 4. The normalized spacial score (nSPS) is 11.7. The minimum Gasteiger partial charge on any atom is -0.287 e. The summed E-state index contributed by atoms with van der Waals surface area (Å²) in [5.41, 5.74) is 1.43. The predicted molar refractivity (Wildman–Crippen MR) is 111 cm³/mol. The first-order valence-corrected chi connectivity index (χ1v) is 10.4. The average Bonchev–Trinajstić information content (AvgIpc) is 3.10. The van der Waals surface area contributed by atoms with E-state index in [9.17, 15) is 13.6 Å². The van der Waals surface area contributed by atoms with Crippen molar-refractivity contribution in [2.24, 2.45) is 0 Å². The minimum atomic E-state index is -2.69. The van der Waals surface area contributed by atoms with Crippen LogP contribution in [0.1, 0.15) is 32.1 Å². The van der Waals surface area contributed by atoms with Crippen molar-refractivity contribution >= 4 is 33.7 Å². The van der Waals surface area contributed by atoms with Gasteiger partial charge < -0.3 is 0 Å². The van der Waals surface area contributed by atoms with Crippen molar-refractivity contribution in [2.45, 2.75) is 43.8 Å². The van der Waals surface area contributed by atoms with Crippen LogP contribution in [0.15, 0.2) is 58.5 Å². The Hall–Kier alpha value is -2.74. The third kappa shape index (κ3) is 3.76. The summed E-state index contributed by atoms with van der Waals surface area (Å²) in [5, 5.41) is 1.09. The molecule has 0 atom stereocenters. The van der Waals surface area contributed by atoms with Gasteiger partial charge in [0, 0.05) is 6.54 Å². The fraction of sp³-hybridized carbons (Fsp3) is 0.286. The van der Waals surface area contributed by atoms with Crippen LogP contribution in [0.2, 0.25) is 0 Å². The topological polar surface area (TPSA) is 52.7 Å². The average molecular weight is 414 g/mol. The molecule has 0 unspecified atom stereocenters. The lowest BCUT2D eigenvalue weighted by atomic mass is 10.2. The lowest BCUT2D eigenvalue weighted by Gasteiger charge is -2.13. The van der Waals surface area contributed by atoms with E-state index in [4.69, 9.17) is 0 Å². The highest BCUT2D eigenvalue weighted by Gasteiger charge is 2.19. The second-order valence-electron chi connectivity index (χ2n) is 6.67. The second kappa shape index (κ2) is 8.32. The standard InChI is InChI=1S/C21H20F2N4OS/c1-2-3-12-26-19(28)14-8-4-5-9-15(14)25-21(26)29-13-18-24-16-10-6-7-11-17(16)27(18)20(22)23/h4-11,20H,2-3,12-13H2,1H3. The Bertz CT molecular complexity index is 1220. The molecule has 0 aliphatic heterocycles. The highest BCUT2D eigenvalue weighted by atomic mass is 32.2. The molecular formula is C21H20F2N4OS. The number of halogens is 2. The number of thioether (sulfide) groups is 1. The number of nitrogens with zero attached hydrogens (tertiary/aromatic N) is 4. The quantitative estimate of drug-likeness (QED) is 0.307. The maximum Gasteiger partial charge on any atom is 0.320 e. The Morgan fingerprint density at radius 3 is 2.52 bits per heavy atom. The predicted octanol–water partition coefficient (Wildman–Crippen LogP) is 5.23. The number of fused-ring (bicyclic) bond motifs is 2. The molecule has 29 heavy (non-hydrogen) atoms. The highest BCUT2D eigenvalue weighted by molar-refractivity contribution is 7.98. The van der Waals surface area contributed by atoms with Crippen molar-refractivity contribution in [1.29, 1.82) is 0 Å². The summed E-state index contributed by atoms with van der Waals surface area (Å²) >= 11 is 1.26. The first-order valence-electron chi connectivity index (χ1n) is 9.46. The lowest BCUT2D eigenvalue weighted by molar-refractivity contribution is 0.0722. The number of hydrogen-bond donors (Lipinski definition) is 0. The van der Waals surface area contributed by atoms with Crippen LogP contribution in [-0.4, -0.2) is 19.1 Å². The molecule has 0 saturated carbocycles. The molecule has 4 rings (SSSR count). The zero-order valence-corrected chi connectivity index (χ0v) is 16.7. The van der Waals surface area contributed by atoms with Crippen molar-refractivity contribution in [3.05, 3.63) is 64.7 Å². The van der Waals surface area contributed by atoms with Crippen LogP contribution in [-0.2, 0) is 12.3 Å². The molecule has 8 heteroatoms. The van der Waals surface area contributed by atoms with Crippen LogP contribution >= 0.6 is 11.8 Å². The van der Waals surface area contributed by atoms with E-state index >= 15 is 0 Å². The summed E-state index contributed by atoms with van der Waals surface area (Å²) in [6.07, 6.45) is 1.77. The van der Waals surface area contributed by atoms with E-state index in [1.54, 1.807) is 41.0 Å². The van der Waals surface area contributed by atoms with E-state index in [0.29, 0.717) is 33.6 Å². The summed E-state index contributed by atoms with van der Waals surface area (Å²) in [4.78, 5) is 22.0. The van der Waals surface area contributed by atoms with Gasteiger partial charge >= 0.3 is 6.55 Å². The van der Waals surface area contributed by atoms with Gasteiger partial charge in [-0.05, 0) is 30.7 Å². The van der Waals surface area contributed by atoms with E-state index in [1.807, 2.05) is 12.1 Å². The Kier molecular flexibility index (Phi) is 5.62. The van der Waals surface area contributed by atoms with Crippen LogP contribution in [0.25, 0.3) is 21.9 Å². The molecule has 150 valence electrons. The van der Waals surface area contributed by atoms with Crippen molar-refractivity contribution in [3.63, 3.8) is 0 Å². The molecule has 0 radical (unpaired) electrons. The van der Waals surface area contributed by atoms with Gasteiger partial charge in [-0.15, -0.1) is 0 Å². The summed E-state index contributed by atoms with van der Waals surface area (Å²) < 4.78 is 29.9. The van der Waals surface area contributed by atoms with Crippen LogP contribution in [0.3, 0.4) is 0 Å². The van der Waals surface area contributed by atoms with E-state index in [1.165, 1.54) is 11.8 Å². The molecule has 4 aromatic rings. The zero-order valence-electron chi connectivity index (χ0n) is 15.9. The fourth-order valence-corrected chi connectivity index (χ4v) is 4.27. The lowest BCUT2D eigenvalue weighted by Crippen LogP contribution is -2.23. The summed E-state index contributed by atoms with van der Waals surface area (Å²) in [7, 11) is 0. The van der Waals surface area contributed by atoms with Crippen molar-refractivity contribution < 1.29 is 8.78 Å². The number of imidazole rings is 1. The monoisotopic (exact) mass is 414 g/mol. The maximum atomic E-state index is 13.7. The second-order valence-corrected chi connectivity index (χ2v) is 7.62. The number of benzene rings is 2. The molecule has 2 heterocycles. The Morgan fingerprint density at radius 2 is 1.76 bits per heavy atom. The van der Waals surface area contributed by atoms with E-state index in [-0.39, 0.29) is 17.1 Å². The van der Waals surface area contributed by atoms with Crippen LogP contribution < -0.4 is 5.56 Å². The molecule has 0 saturated heterocycles. The van der Waals surface area contributed by atoms with Crippen molar-refractivity contribution in [3.8, 4) is 0 Å². The SMILES string of the molecule is CCCCn1c(SCc2nc3ccccc3n2C(F)F)nc2ccccc2c1=O. The molecule has 2 aromatic heterocycles. The smallest absolute Gasteiger partial charge is 0.287 e. The molecule has 2 aromatic carbocycles. The third-order valence-electron chi connectivity index (χ3n) is 4.76. The van der Waals surface area contributed by atoms with Crippen LogP contribution in [0, 0.1) is 0 Å². The molecular weight excluding hydrogens is 394 g/mol. The maximum absolute atomic E-state index is 13.7. The number of para-hydroxylation sites is 3.